The molecule has 0 bridgehead atoms. The van der Waals surface area contributed by atoms with Crippen LogP contribution in [0.3, 0.4) is 0 Å². The van der Waals surface area contributed by atoms with Crippen LogP contribution in [0.2, 0.25) is 0 Å². The first-order valence-corrected chi connectivity index (χ1v) is 17.8. The van der Waals surface area contributed by atoms with Crippen LogP contribution in [-0.2, 0) is 27.2 Å². The molecular formula is C37H32CuF3NO5PS+. The SMILES string of the molecule is C[C@@H](c1ccccc1)N([C@@H](C)c1ccccc1)[PH+]1Oc2ccc3ccccc3c2-c2c(ccc3ccccc23)O1.O=S(=O)(O)C(F)(F)F.[Cu]. The molecule has 49 heavy (non-hydrogen) atoms. The number of benzene rings is 6. The van der Waals surface area contributed by atoms with Gasteiger partial charge in [0, 0.05) is 28.2 Å². The molecule has 0 spiro atoms. The second-order valence-corrected chi connectivity index (χ2v) is 14.2. The third-order valence-corrected chi connectivity index (χ3v) is 10.9. The minimum absolute atomic E-state index is 0. The van der Waals surface area contributed by atoms with Gasteiger partial charge in [-0.25, -0.2) is 0 Å². The molecule has 1 aliphatic heterocycles. The molecule has 1 radical (unpaired) electrons. The molecule has 6 aromatic rings. The Morgan fingerprint density at radius 2 is 0.959 bits per heavy atom. The van der Waals surface area contributed by atoms with E-state index in [9.17, 15) is 13.2 Å². The summed E-state index contributed by atoms with van der Waals surface area (Å²) in [7, 11) is -7.88. The van der Waals surface area contributed by atoms with Crippen LogP contribution in [0.15, 0.2) is 133 Å². The Balaban J connectivity index is 0.000000467. The molecule has 0 amide bonds. The van der Waals surface area contributed by atoms with E-state index in [0.717, 1.165) is 22.6 Å². The van der Waals surface area contributed by atoms with Crippen LogP contribution in [0.4, 0.5) is 13.2 Å². The fourth-order valence-corrected chi connectivity index (χ4v) is 7.84. The zero-order chi connectivity index (χ0) is 34.1. The van der Waals surface area contributed by atoms with E-state index in [4.69, 9.17) is 22.0 Å². The van der Waals surface area contributed by atoms with E-state index in [0.29, 0.717) is 0 Å². The smallest absolute Gasteiger partial charge is 0.292 e. The van der Waals surface area contributed by atoms with Gasteiger partial charge in [0.25, 0.3) is 0 Å². The first kappa shape index (κ1) is 36.3. The van der Waals surface area contributed by atoms with Gasteiger partial charge < -0.3 is 0 Å². The predicted molar refractivity (Wildman–Crippen MR) is 186 cm³/mol. The summed E-state index contributed by atoms with van der Waals surface area (Å²) in [5.41, 5.74) is -0.866. The number of rotatable bonds is 5. The molecule has 0 saturated heterocycles. The van der Waals surface area contributed by atoms with Gasteiger partial charge in [-0.15, -0.1) is 4.67 Å². The van der Waals surface area contributed by atoms with E-state index in [1.54, 1.807) is 0 Å². The van der Waals surface area contributed by atoms with Crippen molar-refractivity contribution in [3.63, 3.8) is 0 Å². The molecule has 1 heterocycles. The molecule has 2 atom stereocenters. The number of nitrogens with zero attached hydrogens (tertiary/aromatic N) is 1. The summed E-state index contributed by atoms with van der Waals surface area (Å²) in [6, 6.07) is 47.1. The Morgan fingerprint density at radius 1 is 0.612 bits per heavy atom. The van der Waals surface area contributed by atoms with Gasteiger partial charge in [-0.2, -0.15) is 21.6 Å². The molecule has 0 aliphatic carbocycles. The molecule has 12 heteroatoms. The Bertz CT molecular complexity index is 2040. The third-order valence-electron chi connectivity index (χ3n) is 8.33. The Kier molecular flexibility index (Phi) is 11.0. The monoisotopic (exact) mass is 753 g/mol. The van der Waals surface area contributed by atoms with Gasteiger partial charge >= 0.3 is 24.2 Å². The average Bonchev–Trinajstić information content (AvgIpc) is 3.25. The van der Waals surface area contributed by atoms with Crippen molar-refractivity contribution < 1.29 is 52.3 Å². The molecule has 6 nitrogen and oxygen atoms in total. The van der Waals surface area contributed by atoms with Gasteiger partial charge in [0.2, 0.25) is 0 Å². The Labute approximate surface area is 294 Å². The maximum atomic E-state index is 10.7. The van der Waals surface area contributed by atoms with Crippen molar-refractivity contribution in [2.75, 3.05) is 0 Å². The molecule has 0 aromatic heterocycles. The number of hydrogen-bond acceptors (Lipinski definition) is 5. The van der Waals surface area contributed by atoms with Gasteiger partial charge in [0.15, 0.2) is 11.5 Å². The largest absolute Gasteiger partial charge is 0.522 e. The van der Waals surface area contributed by atoms with Gasteiger partial charge in [0.05, 0.1) is 12.1 Å². The van der Waals surface area contributed by atoms with E-state index in [-0.39, 0.29) is 29.2 Å². The summed E-state index contributed by atoms with van der Waals surface area (Å²) >= 11 is 0. The van der Waals surface area contributed by atoms with Crippen LogP contribution in [-0.4, -0.2) is 23.1 Å². The van der Waals surface area contributed by atoms with Gasteiger partial charge in [-0.05, 0) is 58.7 Å². The fraction of sp³-hybridized carbons (Fsp3) is 0.135. The second kappa shape index (κ2) is 14.9. The first-order chi connectivity index (χ1) is 22.9. The van der Waals surface area contributed by atoms with Crippen molar-refractivity contribution in [3.8, 4) is 22.6 Å². The zero-order valence-electron chi connectivity index (χ0n) is 26.2. The molecule has 0 saturated carbocycles. The minimum atomic E-state index is -5.84. The van der Waals surface area contributed by atoms with Crippen LogP contribution < -0.4 is 9.05 Å². The number of hydrogen-bond donors (Lipinski definition) is 1. The quantitative estimate of drug-likeness (QED) is 0.0818. The molecule has 1 N–H and O–H groups in total. The van der Waals surface area contributed by atoms with E-state index >= 15 is 0 Å². The van der Waals surface area contributed by atoms with E-state index in [1.807, 2.05) is 0 Å². The standard InChI is InChI=1S/C36H30NO2P.CHF3O3S.Cu/c1-25(27-13-5-3-6-14-27)37(26(2)28-15-7-4-8-16-28)40-38-33-23-21-29-17-9-11-19-31(29)35(33)36-32-20-12-10-18-30(32)22-24-34(36)39-40;2-1(3,4)8(5,6)7;/h3-26H,1-2H3;(H,5,6,7);/p+1/t25-,26-;;/m0../s1. The molecule has 1 aliphatic rings. The van der Waals surface area contributed by atoms with Gasteiger partial charge in [-0.1, -0.05) is 121 Å². The predicted octanol–water partition coefficient (Wildman–Crippen LogP) is 10.6. The number of alkyl halides is 3. The Morgan fingerprint density at radius 3 is 1.33 bits per heavy atom. The average molecular weight is 754 g/mol. The second-order valence-electron chi connectivity index (χ2n) is 11.3. The molecule has 6 aromatic carbocycles. The van der Waals surface area contributed by atoms with Crippen molar-refractivity contribution in [2.45, 2.75) is 31.4 Å². The van der Waals surface area contributed by atoms with E-state index in [2.05, 4.69) is 152 Å². The minimum Gasteiger partial charge on any atom is -0.292 e. The van der Waals surface area contributed by atoms with Crippen molar-refractivity contribution >= 4 is 40.2 Å². The fourth-order valence-electron chi connectivity index (χ4n) is 5.94. The first-order valence-electron chi connectivity index (χ1n) is 15.1. The summed E-state index contributed by atoms with van der Waals surface area (Å²) in [5.74, 6) is 1.74. The van der Waals surface area contributed by atoms with Crippen LogP contribution in [0.25, 0.3) is 32.7 Å². The van der Waals surface area contributed by atoms with Crippen molar-refractivity contribution in [1.29, 1.82) is 0 Å². The van der Waals surface area contributed by atoms with Crippen LogP contribution in [0.5, 0.6) is 11.5 Å². The van der Waals surface area contributed by atoms with Crippen molar-refractivity contribution in [2.24, 2.45) is 0 Å². The molecular weight excluding hydrogens is 722 g/mol. The summed E-state index contributed by atoms with van der Waals surface area (Å²) in [6.07, 6.45) is 0. The van der Waals surface area contributed by atoms with Crippen molar-refractivity contribution in [1.82, 2.24) is 4.67 Å². The van der Waals surface area contributed by atoms with E-state index in [1.165, 1.54) is 32.7 Å². The summed E-state index contributed by atoms with van der Waals surface area (Å²) in [6.45, 7) is 4.51. The van der Waals surface area contributed by atoms with Gasteiger partial charge in [0.1, 0.15) is 0 Å². The summed E-state index contributed by atoms with van der Waals surface area (Å²) in [5, 5.41) is 4.71. The van der Waals surface area contributed by atoms with Crippen LogP contribution in [0, 0.1) is 0 Å². The van der Waals surface area contributed by atoms with Crippen LogP contribution >= 0.6 is 8.53 Å². The van der Waals surface area contributed by atoms with Gasteiger partial charge in [-0.3, -0.25) is 13.6 Å². The number of halogens is 3. The normalized spacial score (nSPS) is 14.2. The van der Waals surface area contributed by atoms with Crippen LogP contribution in [0.1, 0.15) is 37.1 Å². The topological polar surface area (TPSA) is 76.1 Å². The molecule has 7 rings (SSSR count). The molecule has 0 unspecified atom stereocenters. The van der Waals surface area contributed by atoms with Crippen molar-refractivity contribution in [3.05, 3.63) is 145 Å². The maximum absolute atomic E-state index is 10.7. The Hall–Kier alpha value is -3.95. The number of fused-ring (bicyclic) bond motifs is 7. The third kappa shape index (κ3) is 7.63. The molecule has 0 fully saturated rings. The van der Waals surface area contributed by atoms with E-state index < -0.39 is 24.2 Å². The maximum Gasteiger partial charge on any atom is 0.522 e. The summed E-state index contributed by atoms with van der Waals surface area (Å²) in [4.78, 5) is 0. The zero-order valence-corrected chi connectivity index (χ0v) is 29.0. The summed E-state index contributed by atoms with van der Waals surface area (Å²) < 4.78 is 74.1. The molecule has 257 valence electrons.